The van der Waals surface area contributed by atoms with E-state index in [1.807, 2.05) is 6.07 Å². The number of phenolic OH excluding ortho intramolecular Hbond substituents is 1. The van der Waals surface area contributed by atoms with E-state index in [-0.39, 0.29) is 17.0 Å². The number of anilines is 1. The van der Waals surface area contributed by atoms with Gasteiger partial charge >= 0.3 is 0 Å². The maximum atomic E-state index is 11.2. The molecule has 5 nitrogen and oxygen atoms in total. The van der Waals surface area contributed by atoms with Gasteiger partial charge in [0.15, 0.2) is 0 Å². The van der Waals surface area contributed by atoms with E-state index in [1.165, 1.54) is 18.3 Å². The summed E-state index contributed by atoms with van der Waals surface area (Å²) in [5.41, 5.74) is 6.80. The van der Waals surface area contributed by atoms with Crippen molar-refractivity contribution in [2.24, 2.45) is 0 Å². The van der Waals surface area contributed by atoms with Crippen molar-refractivity contribution in [1.29, 1.82) is 5.26 Å². The number of hydrogen-bond acceptors (Lipinski definition) is 4. The van der Waals surface area contributed by atoms with Crippen molar-refractivity contribution >= 4 is 5.69 Å². The molecule has 17 heavy (non-hydrogen) atoms. The molecule has 84 valence electrons. The van der Waals surface area contributed by atoms with Gasteiger partial charge in [0.05, 0.1) is 5.69 Å². The molecule has 0 aliphatic heterocycles. The Morgan fingerprint density at radius 2 is 2.06 bits per heavy atom. The van der Waals surface area contributed by atoms with Crippen molar-refractivity contribution in [2.45, 2.75) is 0 Å². The largest absolute Gasteiger partial charge is 0.506 e. The molecule has 0 bridgehead atoms. The smallest absolute Gasteiger partial charge is 0.265 e. The first-order valence-electron chi connectivity index (χ1n) is 4.83. The van der Waals surface area contributed by atoms with Crippen LogP contribution in [-0.2, 0) is 0 Å². The van der Waals surface area contributed by atoms with Crippen LogP contribution in [0.15, 0.2) is 35.3 Å². The summed E-state index contributed by atoms with van der Waals surface area (Å²) < 4.78 is 0. The van der Waals surface area contributed by atoms with Gasteiger partial charge in [-0.3, -0.25) is 4.79 Å². The highest BCUT2D eigenvalue weighted by Crippen LogP contribution is 2.26. The third-order valence-corrected chi connectivity index (χ3v) is 2.38. The lowest BCUT2D eigenvalue weighted by atomic mass is 10.1. The Morgan fingerprint density at radius 1 is 1.29 bits per heavy atom. The monoisotopic (exact) mass is 227 g/mol. The van der Waals surface area contributed by atoms with E-state index in [0.717, 1.165) is 0 Å². The van der Waals surface area contributed by atoms with Crippen molar-refractivity contribution in [3.05, 3.63) is 46.4 Å². The topological polar surface area (TPSA) is 103 Å². The van der Waals surface area contributed by atoms with Crippen LogP contribution >= 0.6 is 0 Å². The molecule has 1 heterocycles. The fourth-order valence-corrected chi connectivity index (χ4v) is 1.47. The van der Waals surface area contributed by atoms with Gasteiger partial charge < -0.3 is 15.8 Å². The van der Waals surface area contributed by atoms with Gasteiger partial charge in [0.25, 0.3) is 5.56 Å². The standard InChI is InChI=1S/C12H9N3O2/c13-5-8-3-9(6-15-12(8)17)7-1-2-11(16)10(14)4-7/h1-4,6,16H,14H2,(H,15,17). The molecular weight excluding hydrogens is 218 g/mol. The van der Waals surface area contributed by atoms with Crippen molar-refractivity contribution < 1.29 is 5.11 Å². The first-order valence-corrected chi connectivity index (χ1v) is 4.83. The molecule has 0 aliphatic carbocycles. The highest BCUT2D eigenvalue weighted by atomic mass is 16.3. The summed E-state index contributed by atoms with van der Waals surface area (Å²) in [5.74, 6) is -0.00122. The van der Waals surface area contributed by atoms with Crippen LogP contribution in [0.25, 0.3) is 11.1 Å². The SMILES string of the molecule is N#Cc1cc(-c2ccc(O)c(N)c2)c[nH]c1=O. The van der Waals surface area contributed by atoms with Crippen molar-refractivity contribution in [3.63, 3.8) is 0 Å². The number of benzene rings is 1. The minimum Gasteiger partial charge on any atom is -0.506 e. The number of aromatic hydroxyl groups is 1. The number of hydrogen-bond donors (Lipinski definition) is 3. The summed E-state index contributed by atoms with van der Waals surface area (Å²) in [6.45, 7) is 0. The maximum Gasteiger partial charge on any atom is 0.265 e. The molecule has 2 rings (SSSR count). The quantitative estimate of drug-likeness (QED) is 0.503. The van der Waals surface area contributed by atoms with Crippen molar-refractivity contribution in [2.75, 3.05) is 5.73 Å². The van der Waals surface area contributed by atoms with E-state index in [4.69, 9.17) is 11.0 Å². The van der Waals surface area contributed by atoms with Crippen LogP contribution in [0.4, 0.5) is 5.69 Å². The number of aromatic amines is 1. The zero-order valence-electron chi connectivity index (χ0n) is 8.77. The molecule has 1 aromatic carbocycles. The number of nitrogens with zero attached hydrogens (tertiary/aromatic N) is 1. The summed E-state index contributed by atoms with van der Waals surface area (Å²) in [6, 6.07) is 7.97. The molecule has 1 aromatic heterocycles. The highest BCUT2D eigenvalue weighted by Gasteiger charge is 2.05. The van der Waals surface area contributed by atoms with E-state index in [9.17, 15) is 9.90 Å². The second-order valence-corrected chi connectivity index (χ2v) is 3.52. The van der Waals surface area contributed by atoms with Gasteiger partial charge in [0, 0.05) is 6.20 Å². The first-order chi connectivity index (χ1) is 8.11. The third-order valence-electron chi connectivity index (χ3n) is 2.38. The normalized spacial score (nSPS) is 9.82. The molecule has 0 saturated heterocycles. The Bertz CT molecular complexity index is 668. The van der Waals surface area contributed by atoms with Gasteiger partial charge in [-0.15, -0.1) is 0 Å². The zero-order valence-corrected chi connectivity index (χ0v) is 8.77. The fourth-order valence-electron chi connectivity index (χ4n) is 1.47. The Morgan fingerprint density at radius 3 is 2.71 bits per heavy atom. The summed E-state index contributed by atoms with van der Waals surface area (Å²) in [4.78, 5) is 13.7. The van der Waals surface area contributed by atoms with Crippen LogP contribution in [0.1, 0.15) is 5.56 Å². The van der Waals surface area contributed by atoms with Crippen LogP contribution < -0.4 is 11.3 Å². The second kappa shape index (κ2) is 4.02. The van der Waals surface area contributed by atoms with E-state index in [0.29, 0.717) is 11.1 Å². The number of H-pyrrole nitrogens is 1. The van der Waals surface area contributed by atoms with E-state index in [2.05, 4.69) is 4.98 Å². The Balaban J connectivity index is 2.58. The third kappa shape index (κ3) is 1.96. The minimum absolute atomic E-state index is 0.00122. The fraction of sp³-hybridized carbons (Fsp3) is 0. The number of aromatic nitrogens is 1. The molecule has 0 unspecified atom stereocenters. The van der Waals surface area contributed by atoms with Crippen molar-refractivity contribution in [3.8, 4) is 22.9 Å². The van der Waals surface area contributed by atoms with Crippen LogP contribution in [0.2, 0.25) is 0 Å². The van der Waals surface area contributed by atoms with Gasteiger partial charge in [-0.1, -0.05) is 6.07 Å². The van der Waals surface area contributed by atoms with E-state index in [1.54, 1.807) is 12.1 Å². The lowest BCUT2D eigenvalue weighted by Crippen LogP contribution is -2.08. The van der Waals surface area contributed by atoms with Gasteiger partial charge in [-0.05, 0) is 29.3 Å². The number of nitrogen functional groups attached to an aromatic ring is 1. The van der Waals surface area contributed by atoms with Gasteiger partial charge in [-0.25, -0.2) is 0 Å². The first kappa shape index (κ1) is 10.8. The minimum atomic E-state index is -0.428. The highest BCUT2D eigenvalue weighted by molar-refractivity contribution is 5.70. The molecular formula is C12H9N3O2. The number of nitrogens with two attached hydrogens (primary N) is 1. The Labute approximate surface area is 96.8 Å². The van der Waals surface area contributed by atoms with Crippen LogP contribution in [0, 0.1) is 11.3 Å². The summed E-state index contributed by atoms with van der Waals surface area (Å²) >= 11 is 0. The molecule has 0 saturated carbocycles. The molecule has 0 amide bonds. The molecule has 4 N–H and O–H groups in total. The lowest BCUT2D eigenvalue weighted by Gasteiger charge is -2.04. The average Bonchev–Trinajstić information content (AvgIpc) is 2.33. The maximum absolute atomic E-state index is 11.2. The van der Waals surface area contributed by atoms with Crippen LogP contribution in [0.5, 0.6) is 5.75 Å². The summed E-state index contributed by atoms with van der Waals surface area (Å²) in [7, 11) is 0. The lowest BCUT2D eigenvalue weighted by molar-refractivity contribution is 0.478. The molecule has 0 atom stereocenters. The van der Waals surface area contributed by atoms with Gasteiger partial charge in [-0.2, -0.15) is 5.26 Å². The van der Waals surface area contributed by atoms with Crippen LogP contribution in [-0.4, -0.2) is 10.1 Å². The second-order valence-electron chi connectivity index (χ2n) is 3.52. The summed E-state index contributed by atoms with van der Waals surface area (Å²) in [6.07, 6.45) is 1.50. The van der Waals surface area contributed by atoms with E-state index >= 15 is 0 Å². The Kier molecular flexibility index (Phi) is 2.55. The van der Waals surface area contributed by atoms with Crippen LogP contribution in [0.3, 0.4) is 0 Å². The number of rotatable bonds is 1. The van der Waals surface area contributed by atoms with Gasteiger partial charge in [0.1, 0.15) is 17.4 Å². The van der Waals surface area contributed by atoms with Gasteiger partial charge in [0.2, 0.25) is 0 Å². The number of phenols is 1. The van der Waals surface area contributed by atoms with E-state index < -0.39 is 5.56 Å². The Hall–Kier alpha value is -2.74. The predicted octanol–water partition coefficient (Wildman–Crippen LogP) is 1.20. The predicted molar refractivity (Wildman–Crippen MR) is 63.3 cm³/mol. The number of nitrogens with one attached hydrogen (secondary N) is 1. The zero-order chi connectivity index (χ0) is 12.4. The molecule has 0 radical (unpaired) electrons. The molecule has 2 aromatic rings. The summed E-state index contributed by atoms with van der Waals surface area (Å²) in [5, 5.41) is 18.1. The molecule has 0 spiro atoms. The molecule has 0 fully saturated rings. The molecule has 0 aliphatic rings. The number of nitriles is 1. The number of pyridine rings is 1. The molecule has 5 heteroatoms. The average molecular weight is 227 g/mol. The van der Waals surface area contributed by atoms with Crippen molar-refractivity contribution in [1.82, 2.24) is 4.98 Å².